The van der Waals surface area contributed by atoms with Crippen molar-refractivity contribution in [1.29, 1.82) is 10.7 Å². The van der Waals surface area contributed by atoms with E-state index in [1.165, 1.54) is 48.5 Å². The summed E-state index contributed by atoms with van der Waals surface area (Å²) in [6, 6.07) is 18.8. The predicted molar refractivity (Wildman–Crippen MR) is 147 cm³/mol. The van der Waals surface area contributed by atoms with Gasteiger partial charge in [0.25, 0.3) is 5.91 Å². The van der Waals surface area contributed by atoms with E-state index < -0.39 is 41.6 Å². The molecule has 3 aromatic carbocycles. The number of nitriles is 1. The van der Waals surface area contributed by atoms with Gasteiger partial charge in [0.05, 0.1) is 17.7 Å². The zero-order valence-electron chi connectivity index (χ0n) is 22.3. The number of rotatable bonds is 11. The average molecular weight is 602 g/mol. The lowest BCUT2D eigenvalue weighted by molar-refractivity contribution is -0.274. The fourth-order valence-corrected chi connectivity index (χ4v) is 4.13. The molecule has 0 radical (unpaired) electrons. The molecule has 43 heavy (non-hydrogen) atoms. The summed E-state index contributed by atoms with van der Waals surface area (Å²) in [4.78, 5) is 13.2. The molecule has 1 amide bonds. The van der Waals surface area contributed by atoms with Gasteiger partial charge in [0.15, 0.2) is 0 Å². The smallest absolute Gasteiger partial charge is 0.406 e. The molecule has 1 aliphatic rings. The number of alkyl halides is 6. The lowest BCUT2D eigenvalue weighted by Gasteiger charge is -2.22. The fourth-order valence-electron chi connectivity index (χ4n) is 4.13. The van der Waals surface area contributed by atoms with Gasteiger partial charge >= 0.3 is 12.5 Å². The summed E-state index contributed by atoms with van der Waals surface area (Å²) in [5, 5.41) is 24.9. The Morgan fingerprint density at radius 2 is 1.58 bits per heavy atom. The minimum absolute atomic E-state index is 0.148. The minimum Gasteiger partial charge on any atom is -0.406 e. The van der Waals surface area contributed by atoms with E-state index in [9.17, 15) is 31.1 Å². The van der Waals surface area contributed by atoms with Crippen molar-refractivity contribution in [3.05, 3.63) is 101 Å². The number of halogens is 6. The Balaban J connectivity index is 1.62. The van der Waals surface area contributed by atoms with Gasteiger partial charge in [0.1, 0.15) is 17.2 Å². The van der Waals surface area contributed by atoms with Crippen molar-refractivity contribution in [2.45, 2.75) is 31.4 Å². The first kappa shape index (κ1) is 31.1. The number of carbonyl (C=O) groups is 1. The van der Waals surface area contributed by atoms with E-state index in [0.717, 1.165) is 12.8 Å². The third-order valence-corrected chi connectivity index (χ3v) is 6.32. The number of carbonyl (C=O) groups excluding carboxylic acids is 1. The predicted octanol–water partition coefficient (Wildman–Crippen LogP) is 7.06. The number of ether oxygens (including phenoxy) is 1. The maximum Gasteiger partial charge on any atom is 0.573 e. The Hall–Kier alpha value is -4.83. The van der Waals surface area contributed by atoms with Gasteiger partial charge in [-0.3, -0.25) is 10.2 Å². The Bertz CT molecular complexity index is 1560. The molecule has 0 heterocycles. The summed E-state index contributed by atoms with van der Waals surface area (Å²) in [5.41, 5.74) is -0.841. The molecule has 3 aromatic rings. The van der Waals surface area contributed by atoms with Gasteiger partial charge in [0, 0.05) is 11.4 Å². The maximum absolute atomic E-state index is 13.2. The summed E-state index contributed by atoms with van der Waals surface area (Å²) in [7, 11) is 0. The summed E-state index contributed by atoms with van der Waals surface area (Å²) in [6.45, 7) is 0.587. The highest BCUT2D eigenvalue weighted by molar-refractivity contribution is 6.11. The SMILES string of the molecule is N#Cc1cccc(N/C(=C\C(=N)C(F)(F)F)C(=O)Nc2cccc(C(NCC3CC3)c3cccc(OC(F)(F)F)c3)c2)c1. The number of benzene rings is 3. The molecular formula is C30H25F6N5O2. The van der Waals surface area contributed by atoms with Crippen LogP contribution < -0.4 is 20.7 Å². The molecule has 1 aliphatic carbocycles. The van der Waals surface area contributed by atoms with Crippen molar-refractivity contribution in [2.24, 2.45) is 5.92 Å². The first-order valence-corrected chi connectivity index (χ1v) is 13.0. The van der Waals surface area contributed by atoms with E-state index in [-0.39, 0.29) is 16.9 Å². The number of hydrogen-bond acceptors (Lipinski definition) is 6. The monoisotopic (exact) mass is 601 g/mol. The number of amides is 1. The molecule has 1 fully saturated rings. The topological polar surface area (TPSA) is 110 Å². The molecular weight excluding hydrogens is 576 g/mol. The van der Waals surface area contributed by atoms with E-state index in [2.05, 4.69) is 20.7 Å². The number of anilines is 2. The van der Waals surface area contributed by atoms with E-state index in [4.69, 9.17) is 10.7 Å². The zero-order valence-corrected chi connectivity index (χ0v) is 22.3. The Morgan fingerprint density at radius 1 is 0.953 bits per heavy atom. The molecule has 1 unspecified atom stereocenters. The molecule has 4 N–H and O–H groups in total. The molecule has 0 spiro atoms. The fraction of sp³-hybridized carbons (Fsp3) is 0.233. The molecule has 4 rings (SSSR count). The average Bonchev–Trinajstić information content (AvgIpc) is 3.76. The number of allylic oxidation sites excluding steroid dienone is 1. The van der Waals surface area contributed by atoms with E-state index >= 15 is 0 Å². The van der Waals surface area contributed by atoms with Crippen LogP contribution in [0.25, 0.3) is 0 Å². The molecule has 0 aromatic heterocycles. The Morgan fingerprint density at radius 3 is 2.21 bits per heavy atom. The standard InChI is InChI=1S/C30H25F6N5O2/c31-29(32,33)26(38)15-25(40-22-7-1-4-19(12-22)16-37)28(42)41-23-8-2-5-20(13-23)27(39-17-18-10-11-18)21-6-3-9-24(14-21)43-30(34,35)36/h1-9,12-15,18,27,38-40H,10-11,17H2,(H,41,42)/b25-15-,38-26?. The largest absolute Gasteiger partial charge is 0.573 e. The molecule has 1 saturated carbocycles. The van der Waals surface area contributed by atoms with Crippen LogP contribution in [0.3, 0.4) is 0 Å². The van der Waals surface area contributed by atoms with Crippen molar-refractivity contribution in [3.63, 3.8) is 0 Å². The Kier molecular flexibility index (Phi) is 9.40. The van der Waals surface area contributed by atoms with Crippen molar-refractivity contribution in [3.8, 4) is 11.8 Å². The lowest BCUT2D eigenvalue weighted by Crippen LogP contribution is -2.26. The molecule has 1 atom stereocenters. The molecule has 7 nitrogen and oxygen atoms in total. The second kappa shape index (κ2) is 13.0. The van der Waals surface area contributed by atoms with Crippen LogP contribution in [0.4, 0.5) is 37.7 Å². The van der Waals surface area contributed by atoms with Crippen LogP contribution in [-0.4, -0.2) is 30.7 Å². The summed E-state index contributed by atoms with van der Waals surface area (Å²) < 4.78 is 82.1. The normalized spacial score (nSPS) is 14.4. The summed E-state index contributed by atoms with van der Waals surface area (Å²) in [6.07, 6.45) is -7.53. The van der Waals surface area contributed by atoms with Crippen LogP contribution in [0, 0.1) is 22.7 Å². The van der Waals surface area contributed by atoms with Crippen molar-refractivity contribution < 1.29 is 35.9 Å². The molecule has 13 heteroatoms. The van der Waals surface area contributed by atoms with Crippen molar-refractivity contribution in [1.82, 2.24) is 5.32 Å². The highest BCUT2D eigenvalue weighted by Gasteiger charge is 2.34. The second-order valence-corrected chi connectivity index (χ2v) is 9.77. The molecule has 224 valence electrons. The third kappa shape index (κ3) is 9.34. The number of hydrogen-bond donors (Lipinski definition) is 4. The molecule has 0 bridgehead atoms. The van der Waals surface area contributed by atoms with Gasteiger partial charge in [-0.1, -0.05) is 30.3 Å². The highest BCUT2D eigenvalue weighted by atomic mass is 19.4. The number of nitrogens with one attached hydrogen (secondary N) is 4. The van der Waals surface area contributed by atoms with Crippen LogP contribution in [0.1, 0.15) is 35.6 Å². The van der Waals surface area contributed by atoms with Crippen molar-refractivity contribution >= 4 is 23.0 Å². The first-order chi connectivity index (χ1) is 20.3. The Labute approximate surface area is 242 Å². The van der Waals surface area contributed by atoms with E-state index in [0.29, 0.717) is 29.7 Å². The second-order valence-electron chi connectivity index (χ2n) is 9.77. The van der Waals surface area contributed by atoms with Crippen LogP contribution in [0.5, 0.6) is 5.75 Å². The quantitative estimate of drug-likeness (QED) is 0.107. The third-order valence-electron chi connectivity index (χ3n) is 6.32. The molecule has 0 saturated heterocycles. The van der Waals surface area contributed by atoms with Gasteiger partial charge in [-0.05, 0) is 85.0 Å². The van der Waals surface area contributed by atoms with Gasteiger partial charge in [-0.25, -0.2) is 0 Å². The molecule has 0 aliphatic heterocycles. The highest BCUT2D eigenvalue weighted by Crippen LogP contribution is 2.33. The van der Waals surface area contributed by atoms with Crippen LogP contribution in [0.2, 0.25) is 0 Å². The van der Waals surface area contributed by atoms with Gasteiger partial charge in [-0.2, -0.15) is 18.4 Å². The summed E-state index contributed by atoms with van der Waals surface area (Å²) >= 11 is 0. The van der Waals surface area contributed by atoms with Crippen LogP contribution in [-0.2, 0) is 4.79 Å². The van der Waals surface area contributed by atoms with Gasteiger partial charge < -0.3 is 20.7 Å². The summed E-state index contributed by atoms with van der Waals surface area (Å²) in [5.74, 6) is -0.986. The van der Waals surface area contributed by atoms with Gasteiger partial charge in [0.2, 0.25) is 0 Å². The van der Waals surface area contributed by atoms with E-state index in [1.807, 2.05) is 6.07 Å². The van der Waals surface area contributed by atoms with Crippen molar-refractivity contribution in [2.75, 3.05) is 17.2 Å². The maximum atomic E-state index is 13.2. The zero-order chi connectivity index (χ0) is 31.2. The van der Waals surface area contributed by atoms with Crippen LogP contribution >= 0.6 is 0 Å². The van der Waals surface area contributed by atoms with E-state index in [1.54, 1.807) is 24.3 Å². The first-order valence-electron chi connectivity index (χ1n) is 13.0. The van der Waals surface area contributed by atoms with Gasteiger partial charge in [-0.15, -0.1) is 13.2 Å². The van der Waals surface area contributed by atoms with Crippen LogP contribution in [0.15, 0.2) is 84.6 Å². The minimum atomic E-state index is -5.02. The number of nitrogens with zero attached hydrogens (tertiary/aromatic N) is 1. The lowest BCUT2D eigenvalue weighted by atomic mass is 9.97.